The lowest BCUT2D eigenvalue weighted by Gasteiger charge is -2.34. The Morgan fingerprint density at radius 2 is 1.76 bits per heavy atom. The molecule has 0 N–H and O–H groups in total. The highest BCUT2D eigenvalue weighted by Gasteiger charge is 2.45. The Morgan fingerprint density at radius 3 is 2.45 bits per heavy atom. The zero-order chi connectivity index (χ0) is 26.6. The number of pyridine rings is 1. The number of benzene rings is 2. The third-order valence-electron chi connectivity index (χ3n) is 6.81. The van der Waals surface area contributed by atoms with Crippen LogP contribution in [0.4, 0.5) is 14.6 Å². The van der Waals surface area contributed by atoms with Gasteiger partial charge in [-0.25, -0.2) is 18.8 Å². The van der Waals surface area contributed by atoms with E-state index in [2.05, 4.69) is 4.98 Å². The van der Waals surface area contributed by atoms with Crippen molar-refractivity contribution in [3.05, 3.63) is 89.8 Å². The average molecular weight is 513 g/mol. The second-order valence-electron chi connectivity index (χ2n) is 10.1. The number of anilines is 1. The molecule has 0 unspecified atom stereocenters. The first-order valence-corrected chi connectivity index (χ1v) is 12.5. The Balaban J connectivity index is 1.52. The standard InChI is InChI=1S/C29H26F2N6O/c1-4-35-27(38)24-26(37-17-29(2,3)34-28(35)37)36(16-18-10-12-21(30)22(31)14-18)25(33-24)20-11-13-23(32-15-20)19-8-6-5-7-9-19/h5-15H,4,16-17H2,1-3H3. The highest BCUT2D eigenvalue weighted by atomic mass is 19.2. The van der Waals surface area contributed by atoms with Crippen LogP contribution in [0.1, 0.15) is 36.8 Å². The molecule has 0 saturated heterocycles. The molecule has 0 saturated carbocycles. The lowest BCUT2D eigenvalue weighted by atomic mass is 10.1. The van der Waals surface area contributed by atoms with Gasteiger partial charge in [-0.15, -0.1) is 0 Å². The van der Waals surface area contributed by atoms with Crippen LogP contribution in [-0.4, -0.2) is 49.9 Å². The molecule has 0 aliphatic carbocycles. The second kappa shape index (κ2) is 8.86. The van der Waals surface area contributed by atoms with Gasteiger partial charge in [0.2, 0.25) is 5.96 Å². The summed E-state index contributed by atoms with van der Waals surface area (Å²) in [6, 6.07) is 17.5. The summed E-state index contributed by atoms with van der Waals surface area (Å²) in [5, 5.41) is 0. The minimum absolute atomic E-state index is 0.179. The van der Waals surface area contributed by atoms with E-state index in [0.29, 0.717) is 47.5 Å². The van der Waals surface area contributed by atoms with E-state index in [1.54, 1.807) is 11.1 Å². The zero-order valence-corrected chi connectivity index (χ0v) is 21.3. The van der Waals surface area contributed by atoms with Crippen LogP contribution >= 0.6 is 0 Å². The maximum Gasteiger partial charge on any atom is 0.283 e. The van der Waals surface area contributed by atoms with E-state index < -0.39 is 17.2 Å². The zero-order valence-electron chi connectivity index (χ0n) is 21.3. The fraction of sp³-hybridized carbons (Fsp3) is 0.241. The number of rotatable bonds is 5. The first-order valence-electron chi connectivity index (χ1n) is 12.5. The number of hydrogen-bond acceptors (Lipinski definition) is 5. The van der Waals surface area contributed by atoms with E-state index in [4.69, 9.17) is 9.98 Å². The predicted molar refractivity (Wildman–Crippen MR) is 142 cm³/mol. The van der Waals surface area contributed by atoms with Crippen LogP contribution in [0.3, 0.4) is 0 Å². The average Bonchev–Trinajstić information content (AvgIpc) is 3.44. The van der Waals surface area contributed by atoms with Gasteiger partial charge < -0.3 is 4.57 Å². The molecule has 9 heteroatoms. The number of halogens is 2. The number of nitrogens with zero attached hydrogens (tertiary/aromatic N) is 6. The van der Waals surface area contributed by atoms with Crippen molar-refractivity contribution in [3.8, 4) is 22.6 Å². The fourth-order valence-electron chi connectivity index (χ4n) is 5.06. The van der Waals surface area contributed by atoms with E-state index in [-0.39, 0.29) is 12.5 Å². The number of aliphatic imine (C=N–C) groups is 1. The Hall–Kier alpha value is -4.40. The summed E-state index contributed by atoms with van der Waals surface area (Å²) in [7, 11) is 0. The number of carbonyl (C=O) groups is 1. The molecule has 192 valence electrons. The van der Waals surface area contributed by atoms with Crippen LogP contribution in [-0.2, 0) is 6.54 Å². The molecule has 38 heavy (non-hydrogen) atoms. The maximum atomic E-state index is 14.2. The Morgan fingerprint density at radius 1 is 0.974 bits per heavy atom. The molecule has 0 spiro atoms. The van der Waals surface area contributed by atoms with Crippen LogP contribution < -0.4 is 4.90 Å². The van der Waals surface area contributed by atoms with Crippen LogP contribution in [0.15, 0.2) is 71.9 Å². The van der Waals surface area contributed by atoms with Gasteiger partial charge >= 0.3 is 0 Å². The number of imidazole rings is 1. The smallest absolute Gasteiger partial charge is 0.283 e. The van der Waals surface area contributed by atoms with Crippen LogP contribution in [0.5, 0.6) is 0 Å². The number of fused-ring (bicyclic) bond motifs is 3. The Labute approximate surface area is 219 Å². The number of amides is 1. The lowest BCUT2D eigenvalue weighted by molar-refractivity contribution is 0.0841. The van der Waals surface area contributed by atoms with Gasteiger partial charge in [0.1, 0.15) is 11.6 Å². The molecule has 2 aliphatic rings. The van der Waals surface area contributed by atoms with Crippen molar-refractivity contribution in [3.63, 3.8) is 0 Å². The lowest BCUT2D eigenvalue weighted by Crippen LogP contribution is -2.51. The molecule has 0 bridgehead atoms. The van der Waals surface area contributed by atoms with Gasteiger partial charge in [0.15, 0.2) is 17.3 Å². The third-order valence-corrected chi connectivity index (χ3v) is 6.81. The Kier molecular flexibility index (Phi) is 5.59. The second-order valence-corrected chi connectivity index (χ2v) is 10.1. The topological polar surface area (TPSA) is 66.6 Å². The number of carbonyl (C=O) groups excluding carboxylic acids is 1. The number of guanidine groups is 1. The minimum atomic E-state index is -0.926. The molecule has 7 nitrogen and oxygen atoms in total. The normalized spacial score (nSPS) is 15.9. The predicted octanol–water partition coefficient (Wildman–Crippen LogP) is 5.37. The van der Waals surface area contributed by atoms with E-state index in [1.165, 1.54) is 12.1 Å². The molecule has 6 rings (SSSR count). The quantitative estimate of drug-likeness (QED) is 0.361. The highest BCUT2D eigenvalue weighted by Crippen LogP contribution is 2.38. The van der Waals surface area contributed by atoms with Crippen molar-refractivity contribution in [1.82, 2.24) is 19.4 Å². The van der Waals surface area contributed by atoms with Gasteiger partial charge in [0.25, 0.3) is 5.91 Å². The van der Waals surface area contributed by atoms with E-state index in [1.807, 2.05) is 72.7 Å². The molecular weight excluding hydrogens is 486 g/mol. The summed E-state index contributed by atoms with van der Waals surface area (Å²) < 4.78 is 29.7. The number of aromatic nitrogens is 3. The van der Waals surface area contributed by atoms with E-state index in [9.17, 15) is 13.6 Å². The molecule has 2 aliphatic heterocycles. The first kappa shape index (κ1) is 24.0. The molecule has 4 heterocycles. The van der Waals surface area contributed by atoms with Crippen molar-refractivity contribution in [2.75, 3.05) is 18.0 Å². The van der Waals surface area contributed by atoms with E-state index in [0.717, 1.165) is 17.3 Å². The summed E-state index contributed by atoms with van der Waals surface area (Å²) in [6.07, 6.45) is 1.73. The maximum absolute atomic E-state index is 14.2. The molecule has 0 radical (unpaired) electrons. The SMILES string of the molecule is CCN1C(=O)c2nc(-c3ccc(-c4ccccc4)nc3)n(Cc3ccc(F)c(F)c3)c2N2CC(C)(C)N=C12. The molecule has 0 fully saturated rings. The largest absolute Gasteiger partial charge is 0.305 e. The highest BCUT2D eigenvalue weighted by molar-refractivity contribution is 6.18. The molecule has 4 aromatic rings. The van der Waals surface area contributed by atoms with Crippen LogP contribution in [0.25, 0.3) is 22.6 Å². The van der Waals surface area contributed by atoms with Crippen LogP contribution in [0, 0.1) is 11.6 Å². The summed E-state index contributed by atoms with van der Waals surface area (Å²) in [6.45, 7) is 7.11. The van der Waals surface area contributed by atoms with Crippen LogP contribution in [0.2, 0.25) is 0 Å². The number of hydrogen-bond donors (Lipinski definition) is 0. The van der Waals surface area contributed by atoms with Gasteiger partial charge in [0.05, 0.1) is 24.3 Å². The summed E-state index contributed by atoms with van der Waals surface area (Å²) in [5.41, 5.74) is 2.92. The Bertz CT molecular complexity index is 1580. The molecule has 2 aromatic heterocycles. The van der Waals surface area contributed by atoms with Crippen molar-refractivity contribution >= 4 is 17.7 Å². The molecular formula is C29H26F2N6O. The minimum Gasteiger partial charge on any atom is -0.305 e. The first-order chi connectivity index (χ1) is 18.3. The van der Waals surface area contributed by atoms with Gasteiger partial charge in [-0.3, -0.25) is 19.6 Å². The van der Waals surface area contributed by atoms with Gasteiger partial charge in [-0.1, -0.05) is 36.4 Å². The van der Waals surface area contributed by atoms with Gasteiger partial charge in [-0.2, -0.15) is 0 Å². The molecule has 1 amide bonds. The van der Waals surface area contributed by atoms with Gasteiger partial charge in [-0.05, 0) is 50.6 Å². The van der Waals surface area contributed by atoms with Crippen molar-refractivity contribution in [1.29, 1.82) is 0 Å². The van der Waals surface area contributed by atoms with Crippen molar-refractivity contribution < 1.29 is 13.6 Å². The molecule has 2 aromatic carbocycles. The summed E-state index contributed by atoms with van der Waals surface area (Å²) in [5.74, 6) is -0.394. The van der Waals surface area contributed by atoms with E-state index >= 15 is 0 Å². The summed E-state index contributed by atoms with van der Waals surface area (Å²) in [4.78, 5) is 31.5. The van der Waals surface area contributed by atoms with Crippen molar-refractivity contribution in [2.45, 2.75) is 32.9 Å². The summed E-state index contributed by atoms with van der Waals surface area (Å²) >= 11 is 0. The monoisotopic (exact) mass is 512 g/mol. The van der Waals surface area contributed by atoms with Gasteiger partial charge in [0, 0.05) is 23.9 Å². The third kappa shape index (κ3) is 3.95. The fourth-order valence-corrected chi connectivity index (χ4v) is 5.06. The van der Waals surface area contributed by atoms with Crippen molar-refractivity contribution in [2.24, 2.45) is 4.99 Å². The molecule has 0 atom stereocenters.